The molecule has 0 spiro atoms. The van der Waals surface area contributed by atoms with Crippen LogP contribution in [0.15, 0.2) is 24.3 Å². The van der Waals surface area contributed by atoms with Gasteiger partial charge in [-0.3, -0.25) is 9.52 Å². The van der Waals surface area contributed by atoms with E-state index in [1.807, 2.05) is 26.0 Å². The number of hydrogen-bond donors (Lipinski definition) is 2. The second-order valence-corrected chi connectivity index (χ2v) is 6.15. The largest absolute Gasteiger partial charge is 0.481 e. The van der Waals surface area contributed by atoms with E-state index in [9.17, 15) is 13.2 Å². The van der Waals surface area contributed by atoms with Crippen molar-refractivity contribution in [3.05, 3.63) is 29.8 Å². The average Bonchev–Trinajstić information content (AvgIpc) is 2.26. The topological polar surface area (TPSA) is 83.5 Å². The molecule has 0 bridgehead atoms. The first-order valence-electron chi connectivity index (χ1n) is 5.63. The molecule has 0 aliphatic rings. The maximum absolute atomic E-state index is 11.7. The van der Waals surface area contributed by atoms with Crippen LogP contribution < -0.4 is 4.72 Å². The van der Waals surface area contributed by atoms with E-state index in [0.29, 0.717) is 5.69 Å². The Morgan fingerprint density at radius 1 is 1.33 bits per heavy atom. The number of aliphatic carboxylic acids is 1. The van der Waals surface area contributed by atoms with E-state index in [4.69, 9.17) is 5.11 Å². The summed E-state index contributed by atoms with van der Waals surface area (Å²) in [4.78, 5) is 10.4. The summed E-state index contributed by atoms with van der Waals surface area (Å²) in [5.74, 6) is -1.37. The van der Waals surface area contributed by atoms with Gasteiger partial charge >= 0.3 is 5.97 Å². The highest BCUT2D eigenvalue weighted by Gasteiger charge is 2.15. The lowest BCUT2D eigenvalue weighted by molar-refractivity contribution is -0.136. The molecule has 0 saturated heterocycles. The fourth-order valence-electron chi connectivity index (χ4n) is 1.53. The number of hydrogen-bond acceptors (Lipinski definition) is 3. The van der Waals surface area contributed by atoms with Crippen molar-refractivity contribution < 1.29 is 18.3 Å². The molecule has 0 radical (unpaired) electrons. The van der Waals surface area contributed by atoms with Gasteiger partial charge in [0.1, 0.15) is 0 Å². The van der Waals surface area contributed by atoms with Gasteiger partial charge in [0, 0.05) is 0 Å². The number of carbonyl (C=O) groups is 1. The summed E-state index contributed by atoms with van der Waals surface area (Å²) < 4.78 is 25.8. The Bertz CT molecular complexity index is 523. The molecule has 18 heavy (non-hydrogen) atoms. The van der Waals surface area contributed by atoms with Crippen LogP contribution in [0.25, 0.3) is 0 Å². The molecule has 1 aromatic carbocycles. The molecule has 0 aromatic heterocycles. The molecule has 0 unspecified atom stereocenters. The van der Waals surface area contributed by atoms with Crippen LogP contribution in [0.3, 0.4) is 0 Å². The molecule has 100 valence electrons. The van der Waals surface area contributed by atoms with E-state index in [0.717, 1.165) is 5.56 Å². The van der Waals surface area contributed by atoms with Gasteiger partial charge in [-0.15, -0.1) is 0 Å². The molecular weight excluding hydrogens is 254 g/mol. The van der Waals surface area contributed by atoms with Crippen LogP contribution in [-0.2, 0) is 14.8 Å². The fraction of sp³-hybridized carbons (Fsp3) is 0.417. The van der Waals surface area contributed by atoms with Crippen LogP contribution in [0, 0.1) is 0 Å². The normalized spacial score (nSPS) is 11.5. The van der Waals surface area contributed by atoms with Crippen LogP contribution in [0.2, 0.25) is 0 Å². The van der Waals surface area contributed by atoms with Crippen molar-refractivity contribution in [1.29, 1.82) is 0 Å². The van der Waals surface area contributed by atoms with Gasteiger partial charge in [0.15, 0.2) is 0 Å². The lowest BCUT2D eigenvalue weighted by Crippen LogP contribution is -2.19. The van der Waals surface area contributed by atoms with Crippen molar-refractivity contribution >= 4 is 21.7 Å². The Balaban J connectivity index is 2.87. The van der Waals surface area contributed by atoms with Crippen molar-refractivity contribution in [2.75, 3.05) is 10.5 Å². The zero-order chi connectivity index (χ0) is 13.8. The molecule has 5 nitrogen and oxygen atoms in total. The van der Waals surface area contributed by atoms with E-state index < -0.39 is 28.2 Å². The Morgan fingerprint density at radius 3 is 2.50 bits per heavy atom. The Kier molecular flexibility index (Phi) is 4.72. The Hall–Kier alpha value is -1.56. The molecule has 6 heteroatoms. The summed E-state index contributed by atoms with van der Waals surface area (Å²) in [5, 5.41) is 8.49. The van der Waals surface area contributed by atoms with Crippen molar-refractivity contribution in [3.8, 4) is 0 Å². The summed E-state index contributed by atoms with van der Waals surface area (Å²) >= 11 is 0. The lowest BCUT2D eigenvalue weighted by Gasteiger charge is -2.14. The maximum Gasteiger partial charge on any atom is 0.304 e. The number of nitrogens with one attached hydrogen (secondary N) is 1. The molecule has 2 N–H and O–H groups in total. The molecule has 1 rings (SSSR count). The molecule has 0 amide bonds. The molecular formula is C12H17NO4S. The lowest BCUT2D eigenvalue weighted by atomic mass is 10.0. The predicted octanol–water partition coefficient (Wildman–Crippen LogP) is 2.03. The van der Waals surface area contributed by atoms with E-state index in [2.05, 4.69) is 4.72 Å². The Morgan fingerprint density at radius 2 is 1.94 bits per heavy atom. The quantitative estimate of drug-likeness (QED) is 0.829. The second kappa shape index (κ2) is 5.86. The standard InChI is InChI=1S/C12H17NO4S/c1-9(2)10-5-3-4-6-11(10)13-18(16,17)8-7-12(14)15/h3-6,9,13H,7-8H2,1-2H3,(H,14,15). The number of rotatable bonds is 6. The van der Waals surface area contributed by atoms with Gasteiger partial charge in [0.2, 0.25) is 10.0 Å². The van der Waals surface area contributed by atoms with Crippen LogP contribution >= 0.6 is 0 Å². The highest BCUT2D eigenvalue weighted by Crippen LogP contribution is 2.24. The summed E-state index contributed by atoms with van der Waals surface area (Å²) in [6.45, 7) is 3.93. The summed E-state index contributed by atoms with van der Waals surface area (Å²) in [6.07, 6.45) is -0.404. The molecule has 0 aliphatic heterocycles. The highest BCUT2D eigenvalue weighted by molar-refractivity contribution is 7.92. The molecule has 0 saturated carbocycles. The number of carboxylic acids is 1. The minimum absolute atomic E-state index is 0.184. The summed E-state index contributed by atoms with van der Waals surface area (Å²) in [7, 11) is -3.62. The van der Waals surface area contributed by atoms with Crippen LogP contribution in [0.5, 0.6) is 0 Å². The SMILES string of the molecule is CC(C)c1ccccc1NS(=O)(=O)CCC(=O)O. The van der Waals surface area contributed by atoms with E-state index in [1.54, 1.807) is 12.1 Å². The minimum Gasteiger partial charge on any atom is -0.481 e. The average molecular weight is 271 g/mol. The summed E-state index contributed by atoms with van der Waals surface area (Å²) in [6, 6.07) is 7.10. The second-order valence-electron chi connectivity index (χ2n) is 4.31. The first kappa shape index (κ1) is 14.5. The van der Waals surface area contributed by atoms with E-state index >= 15 is 0 Å². The van der Waals surface area contributed by atoms with Gasteiger partial charge in [-0.2, -0.15) is 0 Å². The third-order valence-corrected chi connectivity index (χ3v) is 3.71. The third kappa shape index (κ3) is 4.37. The van der Waals surface area contributed by atoms with Crippen molar-refractivity contribution in [3.63, 3.8) is 0 Å². The van der Waals surface area contributed by atoms with Crippen LogP contribution in [-0.4, -0.2) is 25.2 Å². The molecule has 0 heterocycles. The molecule has 1 aromatic rings. The molecule has 0 atom stereocenters. The Labute approximate surface area is 107 Å². The van der Waals surface area contributed by atoms with Gasteiger partial charge in [0.25, 0.3) is 0 Å². The van der Waals surface area contributed by atoms with Gasteiger partial charge in [-0.1, -0.05) is 32.0 Å². The van der Waals surface area contributed by atoms with Crippen LogP contribution in [0.4, 0.5) is 5.69 Å². The minimum atomic E-state index is -3.62. The van der Waals surface area contributed by atoms with E-state index in [-0.39, 0.29) is 5.92 Å². The summed E-state index contributed by atoms with van der Waals surface area (Å²) in [5.41, 5.74) is 1.40. The van der Waals surface area contributed by atoms with Gasteiger partial charge in [-0.05, 0) is 17.5 Å². The first-order chi connectivity index (χ1) is 8.32. The van der Waals surface area contributed by atoms with Gasteiger partial charge < -0.3 is 5.11 Å². The van der Waals surface area contributed by atoms with Gasteiger partial charge in [0.05, 0.1) is 17.9 Å². The van der Waals surface area contributed by atoms with Crippen LogP contribution in [0.1, 0.15) is 31.7 Å². The van der Waals surface area contributed by atoms with E-state index in [1.165, 1.54) is 0 Å². The number of anilines is 1. The maximum atomic E-state index is 11.7. The van der Waals surface area contributed by atoms with Crippen molar-refractivity contribution in [2.45, 2.75) is 26.2 Å². The highest BCUT2D eigenvalue weighted by atomic mass is 32.2. The number of carboxylic acid groups (broad SMARTS) is 1. The fourth-order valence-corrected chi connectivity index (χ4v) is 2.60. The first-order valence-corrected chi connectivity index (χ1v) is 7.28. The van der Waals surface area contributed by atoms with Gasteiger partial charge in [-0.25, -0.2) is 8.42 Å². The monoisotopic (exact) mass is 271 g/mol. The van der Waals surface area contributed by atoms with Crippen molar-refractivity contribution in [2.24, 2.45) is 0 Å². The zero-order valence-corrected chi connectivity index (χ0v) is 11.2. The zero-order valence-electron chi connectivity index (χ0n) is 10.4. The molecule has 0 aliphatic carbocycles. The van der Waals surface area contributed by atoms with Crippen molar-refractivity contribution in [1.82, 2.24) is 0 Å². The number of para-hydroxylation sites is 1. The number of benzene rings is 1. The smallest absolute Gasteiger partial charge is 0.304 e. The number of sulfonamides is 1. The third-order valence-electron chi connectivity index (χ3n) is 2.43. The molecule has 0 fully saturated rings. The predicted molar refractivity (Wildman–Crippen MR) is 70.2 cm³/mol.